The minimum absolute atomic E-state index is 0.179. The van der Waals surface area contributed by atoms with Crippen LogP contribution in [0.15, 0.2) is 53.2 Å². The zero-order chi connectivity index (χ0) is 22.7. The van der Waals surface area contributed by atoms with Crippen molar-refractivity contribution in [2.45, 2.75) is 0 Å². The molecule has 4 aromatic rings. The first-order valence-corrected chi connectivity index (χ1v) is 10.2. The lowest BCUT2D eigenvalue weighted by Crippen LogP contribution is -2.45. The SMILES string of the molecule is CN(C)CC(=O)N(CCNC(=O)c1ccc2c(c1)ncn2C)Nc1nc2ccccc2o1. The van der Waals surface area contributed by atoms with Gasteiger partial charge in [0.05, 0.1) is 30.5 Å². The first-order chi connectivity index (χ1) is 15.4. The number of carbonyl (C=O) groups excluding carboxylic acids is 2. The summed E-state index contributed by atoms with van der Waals surface area (Å²) in [5, 5.41) is 4.25. The number of nitrogens with zero attached hydrogens (tertiary/aromatic N) is 5. The minimum Gasteiger partial charge on any atom is -0.422 e. The summed E-state index contributed by atoms with van der Waals surface area (Å²) in [7, 11) is 5.52. The number of anilines is 1. The van der Waals surface area contributed by atoms with Crippen LogP contribution >= 0.6 is 0 Å². The van der Waals surface area contributed by atoms with Crippen LogP contribution in [0.4, 0.5) is 6.01 Å². The normalized spacial score (nSPS) is 11.2. The number of oxazole rings is 1. The number of hydrogen-bond acceptors (Lipinski definition) is 7. The molecule has 2 amide bonds. The first kappa shape index (κ1) is 21.3. The van der Waals surface area contributed by atoms with E-state index in [0.717, 1.165) is 11.0 Å². The number of para-hydroxylation sites is 2. The van der Waals surface area contributed by atoms with Gasteiger partial charge in [0.2, 0.25) is 0 Å². The van der Waals surface area contributed by atoms with Gasteiger partial charge in [0.25, 0.3) is 11.8 Å². The average Bonchev–Trinajstić information content (AvgIpc) is 3.35. The molecule has 2 N–H and O–H groups in total. The Morgan fingerprint density at radius 3 is 2.72 bits per heavy atom. The fourth-order valence-electron chi connectivity index (χ4n) is 3.29. The minimum atomic E-state index is -0.237. The van der Waals surface area contributed by atoms with Crippen molar-refractivity contribution in [3.8, 4) is 0 Å². The molecule has 166 valence electrons. The van der Waals surface area contributed by atoms with Gasteiger partial charge in [-0.05, 0) is 44.4 Å². The molecule has 0 unspecified atom stereocenters. The van der Waals surface area contributed by atoms with Crippen LogP contribution in [0, 0.1) is 0 Å². The number of likely N-dealkylation sites (N-methyl/N-ethyl adjacent to an activating group) is 1. The molecule has 10 heteroatoms. The number of nitrogens with one attached hydrogen (secondary N) is 2. The Morgan fingerprint density at radius 1 is 1.12 bits per heavy atom. The van der Waals surface area contributed by atoms with Crippen molar-refractivity contribution in [3.63, 3.8) is 0 Å². The monoisotopic (exact) mass is 435 g/mol. The van der Waals surface area contributed by atoms with Crippen LogP contribution in [0.2, 0.25) is 0 Å². The maximum Gasteiger partial charge on any atom is 0.315 e. The van der Waals surface area contributed by atoms with Crippen LogP contribution in [0.3, 0.4) is 0 Å². The average molecular weight is 435 g/mol. The summed E-state index contributed by atoms with van der Waals surface area (Å²) in [6.45, 7) is 0.659. The maximum atomic E-state index is 12.7. The molecule has 0 aliphatic rings. The highest BCUT2D eigenvalue weighted by atomic mass is 16.4. The van der Waals surface area contributed by atoms with Gasteiger partial charge in [0.15, 0.2) is 5.58 Å². The summed E-state index contributed by atoms with van der Waals surface area (Å²) in [4.78, 5) is 35.7. The lowest BCUT2D eigenvalue weighted by molar-refractivity contribution is -0.130. The van der Waals surface area contributed by atoms with Crippen molar-refractivity contribution in [2.24, 2.45) is 7.05 Å². The second-order valence-corrected chi connectivity index (χ2v) is 7.70. The van der Waals surface area contributed by atoms with E-state index in [2.05, 4.69) is 20.7 Å². The molecule has 32 heavy (non-hydrogen) atoms. The van der Waals surface area contributed by atoms with Gasteiger partial charge in [-0.15, -0.1) is 0 Å². The Bertz CT molecular complexity index is 1230. The molecule has 0 aliphatic heterocycles. The van der Waals surface area contributed by atoms with Gasteiger partial charge in [-0.1, -0.05) is 12.1 Å². The van der Waals surface area contributed by atoms with E-state index < -0.39 is 0 Å². The molecule has 0 bridgehead atoms. The van der Waals surface area contributed by atoms with Crippen LogP contribution in [0.25, 0.3) is 22.1 Å². The Hall–Kier alpha value is -3.92. The van der Waals surface area contributed by atoms with Crippen LogP contribution in [0.1, 0.15) is 10.4 Å². The van der Waals surface area contributed by atoms with E-state index in [1.54, 1.807) is 29.4 Å². The van der Waals surface area contributed by atoms with Gasteiger partial charge in [0, 0.05) is 19.2 Å². The molecule has 0 aliphatic carbocycles. The first-order valence-electron chi connectivity index (χ1n) is 10.2. The van der Waals surface area contributed by atoms with E-state index in [9.17, 15) is 9.59 Å². The number of aromatic nitrogens is 3. The van der Waals surface area contributed by atoms with Crippen LogP contribution < -0.4 is 10.7 Å². The largest absolute Gasteiger partial charge is 0.422 e. The van der Waals surface area contributed by atoms with E-state index >= 15 is 0 Å². The smallest absolute Gasteiger partial charge is 0.315 e. The van der Waals surface area contributed by atoms with E-state index in [1.165, 1.54) is 5.01 Å². The van der Waals surface area contributed by atoms with Gasteiger partial charge in [-0.3, -0.25) is 9.59 Å². The quantitative estimate of drug-likeness (QED) is 0.407. The molecule has 2 aromatic carbocycles. The van der Waals surface area contributed by atoms with Crippen molar-refractivity contribution in [2.75, 3.05) is 39.2 Å². The Labute approximate surface area is 184 Å². The predicted octanol–water partition coefficient (Wildman–Crippen LogP) is 1.86. The van der Waals surface area contributed by atoms with Crippen molar-refractivity contribution < 1.29 is 14.0 Å². The van der Waals surface area contributed by atoms with Gasteiger partial charge in [-0.25, -0.2) is 15.4 Å². The topological polar surface area (TPSA) is 109 Å². The van der Waals surface area contributed by atoms with Crippen molar-refractivity contribution in [1.82, 2.24) is 29.8 Å². The molecule has 0 atom stereocenters. The molecule has 4 rings (SSSR count). The Balaban J connectivity index is 1.41. The van der Waals surface area contributed by atoms with E-state index in [0.29, 0.717) is 16.7 Å². The van der Waals surface area contributed by atoms with E-state index in [-0.39, 0.29) is 37.5 Å². The summed E-state index contributed by atoms with van der Waals surface area (Å²) in [5.74, 6) is -0.416. The number of hydrogen-bond donors (Lipinski definition) is 2. The molecule has 0 saturated carbocycles. The standard InChI is InChI=1S/C22H25N7O3/c1-27(2)13-20(30)29(26-22-25-16-6-4-5-7-19(16)32-22)11-10-23-21(31)15-8-9-18-17(12-15)24-14-28(18)3/h4-9,12,14H,10-11,13H2,1-3H3,(H,23,31)(H,25,26). The van der Waals surface area contributed by atoms with Crippen LogP contribution in [0.5, 0.6) is 0 Å². The molecular formula is C22H25N7O3. The van der Waals surface area contributed by atoms with Gasteiger partial charge < -0.3 is 19.2 Å². The third-order valence-corrected chi connectivity index (χ3v) is 4.89. The summed E-state index contributed by atoms with van der Waals surface area (Å²) in [6.07, 6.45) is 1.71. The number of amides is 2. The molecule has 2 heterocycles. The second-order valence-electron chi connectivity index (χ2n) is 7.70. The molecule has 2 aromatic heterocycles. The lowest BCUT2D eigenvalue weighted by Gasteiger charge is -2.24. The number of fused-ring (bicyclic) bond motifs is 2. The molecule has 0 spiro atoms. The predicted molar refractivity (Wildman–Crippen MR) is 121 cm³/mol. The molecule has 0 fully saturated rings. The number of hydrazine groups is 1. The van der Waals surface area contributed by atoms with Crippen molar-refractivity contribution in [1.29, 1.82) is 0 Å². The fraction of sp³-hybridized carbons (Fsp3) is 0.273. The maximum absolute atomic E-state index is 12.7. The highest BCUT2D eigenvalue weighted by Gasteiger charge is 2.18. The number of imidazole rings is 1. The zero-order valence-corrected chi connectivity index (χ0v) is 18.2. The zero-order valence-electron chi connectivity index (χ0n) is 18.2. The second kappa shape index (κ2) is 9.06. The number of carbonyl (C=O) groups is 2. The van der Waals surface area contributed by atoms with Crippen LogP contribution in [-0.4, -0.2) is 70.0 Å². The molecule has 0 saturated heterocycles. The molecule has 0 radical (unpaired) electrons. The Kier molecular flexibility index (Phi) is 6.04. The van der Waals surface area contributed by atoms with E-state index in [1.807, 2.05) is 50.0 Å². The highest BCUT2D eigenvalue weighted by molar-refractivity contribution is 5.97. The third kappa shape index (κ3) is 4.70. The number of aryl methyl sites for hydroxylation is 1. The van der Waals surface area contributed by atoms with Gasteiger partial charge in [-0.2, -0.15) is 4.98 Å². The summed E-state index contributed by atoms with van der Waals surface area (Å²) in [5.41, 5.74) is 6.44. The summed E-state index contributed by atoms with van der Waals surface area (Å²) >= 11 is 0. The summed E-state index contributed by atoms with van der Waals surface area (Å²) < 4.78 is 7.56. The third-order valence-electron chi connectivity index (χ3n) is 4.89. The number of benzene rings is 2. The van der Waals surface area contributed by atoms with Crippen molar-refractivity contribution in [3.05, 3.63) is 54.4 Å². The van der Waals surface area contributed by atoms with Crippen molar-refractivity contribution >= 4 is 40.0 Å². The fourth-order valence-corrected chi connectivity index (χ4v) is 3.29. The summed E-state index contributed by atoms with van der Waals surface area (Å²) in [6, 6.07) is 12.9. The Morgan fingerprint density at radius 2 is 1.94 bits per heavy atom. The van der Waals surface area contributed by atoms with E-state index in [4.69, 9.17) is 4.42 Å². The highest BCUT2D eigenvalue weighted by Crippen LogP contribution is 2.18. The lowest BCUT2D eigenvalue weighted by atomic mass is 10.2. The molecular weight excluding hydrogens is 410 g/mol. The van der Waals surface area contributed by atoms with Gasteiger partial charge in [0.1, 0.15) is 5.52 Å². The molecule has 10 nitrogen and oxygen atoms in total. The van der Waals surface area contributed by atoms with Gasteiger partial charge >= 0.3 is 6.01 Å². The number of rotatable bonds is 8. The van der Waals surface area contributed by atoms with Crippen LogP contribution in [-0.2, 0) is 11.8 Å².